The van der Waals surface area contributed by atoms with Crippen LogP contribution in [0, 0.1) is 0 Å². The monoisotopic (exact) mass is 478 g/mol. The number of nitrogens with two attached hydrogens (primary N) is 1. The highest BCUT2D eigenvalue weighted by atomic mass is 16.3. The number of aromatic nitrogens is 4. The van der Waals surface area contributed by atoms with Gasteiger partial charge < -0.3 is 20.8 Å². The number of carbonyl (C=O) groups excluding carboxylic acids is 2. The first-order valence-electron chi connectivity index (χ1n) is 11.9. The molecule has 2 aliphatic rings. The first-order chi connectivity index (χ1) is 16.6. The van der Waals surface area contributed by atoms with Crippen LogP contribution >= 0.6 is 0 Å². The number of pyridine rings is 1. The van der Waals surface area contributed by atoms with Gasteiger partial charge in [-0.15, -0.1) is 0 Å². The molecule has 2 fully saturated rings. The summed E-state index contributed by atoms with van der Waals surface area (Å²) < 4.78 is 1.48. The zero-order valence-electron chi connectivity index (χ0n) is 20.1. The van der Waals surface area contributed by atoms with Crippen LogP contribution in [-0.2, 0) is 10.4 Å². The van der Waals surface area contributed by atoms with Gasteiger partial charge in [-0.05, 0) is 52.5 Å². The van der Waals surface area contributed by atoms with E-state index in [0.29, 0.717) is 35.4 Å². The molecule has 35 heavy (non-hydrogen) atoms. The Morgan fingerprint density at radius 3 is 2.40 bits per heavy atom. The Morgan fingerprint density at radius 1 is 1.17 bits per heavy atom. The molecule has 5 heterocycles. The fourth-order valence-electron chi connectivity index (χ4n) is 5.70. The maximum atomic E-state index is 12.7. The van der Waals surface area contributed by atoms with Crippen molar-refractivity contribution in [3.05, 3.63) is 41.5 Å². The molecule has 1 amide bonds. The molecule has 3 aromatic heterocycles. The first kappa shape index (κ1) is 23.4. The summed E-state index contributed by atoms with van der Waals surface area (Å²) in [6.07, 6.45) is 6.39. The molecular weight excluding hydrogens is 448 g/mol. The number of Topliss-reactive ketones (excluding diaryl/α,β-unsaturated/α-hetero) is 1. The molecule has 2 bridgehead atoms. The number of fused-ring (bicyclic) bond motifs is 3. The number of anilines is 1. The van der Waals surface area contributed by atoms with Crippen molar-refractivity contribution in [1.29, 1.82) is 0 Å². The lowest BCUT2D eigenvalue weighted by Crippen LogP contribution is -2.47. The predicted octanol–water partition coefficient (Wildman–Crippen LogP) is 2.03. The smallest absolute Gasteiger partial charge is 0.248 e. The van der Waals surface area contributed by atoms with Crippen molar-refractivity contribution in [3.8, 4) is 11.1 Å². The normalized spacial score (nSPS) is 22.1. The van der Waals surface area contributed by atoms with Crippen molar-refractivity contribution in [3.63, 3.8) is 0 Å². The lowest BCUT2D eigenvalue weighted by Gasteiger charge is -2.39. The van der Waals surface area contributed by atoms with Gasteiger partial charge in [-0.3, -0.25) is 14.6 Å². The molecule has 0 spiro atoms. The topological polar surface area (TPSA) is 147 Å². The Bertz CT molecular complexity index is 1300. The molecule has 2 saturated heterocycles. The third kappa shape index (κ3) is 3.86. The predicted molar refractivity (Wildman–Crippen MR) is 129 cm³/mol. The van der Waals surface area contributed by atoms with E-state index in [1.54, 1.807) is 32.3 Å². The van der Waals surface area contributed by atoms with Crippen LogP contribution in [-0.4, -0.2) is 65.1 Å². The summed E-state index contributed by atoms with van der Waals surface area (Å²) in [5.74, 6) is -0.224. The maximum Gasteiger partial charge on any atom is 0.248 e. The summed E-state index contributed by atoms with van der Waals surface area (Å²) in [5, 5.41) is 24.0. The minimum Gasteiger partial charge on any atom is -0.387 e. The first-order valence-corrected chi connectivity index (χ1v) is 11.9. The van der Waals surface area contributed by atoms with E-state index in [1.165, 1.54) is 11.4 Å². The fourth-order valence-corrected chi connectivity index (χ4v) is 5.70. The minimum absolute atomic E-state index is 0.0143. The standard InChI is InChI=1S/C25H30N6O4/c1-13(33)21-22(15-8-16-5-6-17(9-15)30(16)20(34)12-32)29-24-18(11-28-31(24)23(21)26)14-4-7-19(27-10-14)25(2,3)35/h4,7,10-11,15-17,32,35H,5-6,8-9,12,26H2,1-3H3/t16-,17-/m1/s1. The lowest BCUT2D eigenvalue weighted by atomic mass is 9.85. The molecule has 10 nitrogen and oxygen atoms in total. The number of carbonyl (C=O) groups is 2. The molecule has 5 rings (SSSR count). The number of aliphatic hydroxyl groups is 2. The maximum absolute atomic E-state index is 12.7. The second kappa shape index (κ2) is 8.39. The van der Waals surface area contributed by atoms with Crippen molar-refractivity contribution < 1.29 is 19.8 Å². The van der Waals surface area contributed by atoms with E-state index in [0.717, 1.165) is 24.0 Å². The number of aliphatic hydroxyl groups excluding tert-OH is 1. The zero-order chi connectivity index (χ0) is 25.1. The highest BCUT2D eigenvalue weighted by molar-refractivity contribution is 6.00. The second-order valence-corrected chi connectivity index (χ2v) is 10.1. The van der Waals surface area contributed by atoms with Crippen LogP contribution in [0.5, 0.6) is 0 Å². The number of rotatable bonds is 5. The van der Waals surface area contributed by atoms with E-state index < -0.39 is 12.2 Å². The van der Waals surface area contributed by atoms with E-state index in [-0.39, 0.29) is 35.5 Å². The average molecular weight is 479 g/mol. The fraction of sp³-hybridized carbons (Fsp3) is 0.480. The van der Waals surface area contributed by atoms with Crippen molar-refractivity contribution in [2.24, 2.45) is 0 Å². The molecular formula is C25H30N6O4. The number of hydrogen-bond acceptors (Lipinski definition) is 8. The second-order valence-electron chi connectivity index (χ2n) is 10.1. The largest absolute Gasteiger partial charge is 0.387 e. The SMILES string of the molecule is CC(=O)c1c(C2C[C@H]3CC[C@H](C2)N3C(=O)CO)nc2c(-c3ccc(C(C)(C)O)nc3)cnn2c1N. The zero-order valence-corrected chi connectivity index (χ0v) is 20.1. The van der Waals surface area contributed by atoms with E-state index in [2.05, 4.69) is 10.1 Å². The highest BCUT2D eigenvalue weighted by Crippen LogP contribution is 2.44. The summed E-state index contributed by atoms with van der Waals surface area (Å²) in [4.78, 5) is 36.1. The third-order valence-corrected chi connectivity index (χ3v) is 7.31. The molecule has 0 aromatic carbocycles. The molecule has 0 radical (unpaired) electrons. The van der Waals surface area contributed by atoms with Crippen LogP contribution in [0.3, 0.4) is 0 Å². The molecule has 2 atom stereocenters. The summed E-state index contributed by atoms with van der Waals surface area (Å²) in [7, 11) is 0. The quantitative estimate of drug-likeness (QED) is 0.472. The van der Waals surface area contributed by atoms with Crippen LogP contribution in [0.4, 0.5) is 5.82 Å². The number of nitrogens with zero attached hydrogens (tertiary/aromatic N) is 5. The van der Waals surface area contributed by atoms with Gasteiger partial charge in [-0.1, -0.05) is 6.07 Å². The van der Waals surface area contributed by atoms with Gasteiger partial charge in [-0.2, -0.15) is 9.61 Å². The third-order valence-electron chi connectivity index (χ3n) is 7.31. The van der Waals surface area contributed by atoms with Crippen LogP contribution in [0.2, 0.25) is 0 Å². The number of amides is 1. The van der Waals surface area contributed by atoms with Crippen molar-refractivity contribution in [2.75, 3.05) is 12.3 Å². The van der Waals surface area contributed by atoms with Gasteiger partial charge in [0.05, 0.1) is 23.1 Å². The summed E-state index contributed by atoms with van der Waals surface area (Å²) in [5.41, 5.74) is 8.99. The van der Waals surface area contributed by atoms with Crippen LogP contribution < -0.4 is 5.73 Å². The van der Waals surface area contributed by atoms with Crippen LogP contribution in [0.1, 0.15) is 74.1 Å². The summed E-state index contributed by atoms with van der Waals surface area (Å²) in [6, 6.07) is 3.65. The van der Waals surface area contributed by atoms with Gasteiger partial charge in [0.15, 0.2) is 11.4 Å². The van der Waals surface area contributed by atoms with Gasteiger partial charge in [0, 0.05) is 35.3 Å². The highest BCUT2D eigenvalue weighted by Gasteiger charge is 2.44. The number of piperidine rings is 1. The van der Waals surface area contributed by atoms with E-state index in [1.807, 2.05) is 11.0 Å². The van der Waals surface area contributed by atoms with Crippen LogP contribution in [0.25, 0.3) is 16.8 Å². The van der Waals surface area contributed by atoms with Crippen molar-refractivity contribution in [2.45, 2.75) is 70.1 Å². The van der Waals surface area contributed by atoms with Gasteiger partial charge >= 0.3 is 0 Å². The number of ketones is 1. The van der Waals surface area contributed by atoms with Gasteiger partial charge in [-0.25, -0.2) is 4.98 Å². The number of hydrogen-bond donors (Lipinski definition) is 3. The molecule has 4 N–H and O–H groups in total. The minimum atomic E-state index is -1.06. The molecule has 0 saturated carbocycles. The Hall–Kier alpha value is -3.37. The summed E-state index contributed by atoms with van der Waals surface area (Å²) >= 11 is 0. The lowest BCUT2D eigenvalue weighted by molar-refractivity contribution is -0.138. The molecule has 10 heteroatoms. The molecule has 184 valence electrons. The Balaban J connectivity index is 1.59. The number of nitrogen functional groups attached to an aromatic ring is 1. The van der Waals surface area contributed by atoms with E-state index in [4.69, 9.17) is 10.7 Å². The summed E-state index contributed by atoms with van der Waals surface area (Å²) in [6.45, 7) is 4.34. The average Bonchev–Trinajstić information content (AvgIpc) is 3.36. The molecule has 0 aliphatic carbocycles. The van der Waals surface area contributed by atoms with Gasteiger partial charge in [0.25, 0.3) is 0 Å². The van der Waals surface area contributed by atoms with Gasteiger partial charge in [0.2, 0.25) is 5.91 Å². The Labute approximate surface area is 202 Å². The van der Waals surface area contributed by atoms with Crippen molar-refractivity contribution in [1.82, 2.24) is 24.5 Å². The molecule has 2 aliphatic heterocycles. The Morgan fingerprint density at radius 2 is 1.86 bits per heavy atom. The Kier molecular flexibility index (Phi) is 5.60. The van der Waals surface area contributed by atoms with E-state index >= 15 is 0 Å². The van der Waals surface area contributed by atoms with Crippen molar-refractivity contribution >= 4 is 23.2 Å². The van der Waals surface area contributed by atoms with Crippen LogP contribution in [0.15, 0.2) is 24.5 Å². The molecule has 0 unspecified atom stereocenters. The molecule has 3 aromatic rings. The van der Waals surface area contributed by atoms with Gasteiger partial charge in [0.1, 0.15) is 18.0 Å². The van der Waals surface area contributed by atoms with E-state index in [9.17, 15) is 19.8 Å².